The molecule has 0 aliphatic rings. The number of nitriles is 1. The number of halogens is 2. The van der Waals surface area contributed by atoms with Gasteiger partial charge in [-0.05, 0) is 29.6 Å². The number of hydrogen-bond acceptors (Lipinski definition) is 2. The zero-order valence-corrected chi connectivity index (χ0v) is 11.2. The minimum atomic E-state index is -0.554. The van der Waals surface area contributed by atoms with Crippen LogP contribution in [0.3, 0.4) is 0 Å². The third-order valence-corrected chi connectivity index (χ3v) is 3.32. The fourth-order valence-electron chi connectivity index (χ4n) is 2.17. The number of rotatable bonds is 1. The molecule has 0 fully saturated rings. The highest BCUT2D eigenvalue weighted by atomic mass is 35.5. The normalized spacial score (nSPS) is 10.7. The van der Waals surface area contributed by atoms with Crippen molar-refractivity contribution in [2.45, 2.75) is 6.92 Å². The van der Waals surface area contributed by atoms with E-state index in [-0.39, 0.29) is 5.56 Å². The highest BCUT2D eigenvalue weighted by Gasteiger charge is 2.18. The number of nitrogens with zero attached hydrogens (tertiary/aromatic N) is 3. The average Bonchev–Trinajstić information content (AvgIpc) is 2.88. The molecule has 0 atom stereocenters. The number of fused-ring (bicyclic) bond motifs is 1. The molecule has 0 bridgehead atoms. The van der Waals surface area contributed by atoms with Gasteiger partial charge in [0.2, 0.25) is 6.33 Å². The van der Waals surface area contributed by atoms with Gasteiger partial charge < -0.3 is 0 Å². The van der Waals surface area contributed by atoms with Gasteiger partial charge in [-0.3, -0.25) is 0 Å². The summed E-state index contributed by atoms with van der Waals surface area (Å²) in [6, 6.07) is 8.12. The molecule has 0 saturated heterocycles. The van der Waals surface area contributed by atoms with Crippen molar-refractivity contribution in [2.75, 3.05) is 0 Å². The molecule has 98 valence electrons. The second kappa shape index (κ2) is 4.58. The fourth-order valence-corrected chi connectivity index (χ4v) is 2.37. The topological polar surface area (TPSA) is 56.6 Å². The van der Waals surface area contributed by atoms with Gasteiger partial charge in [-0.2, -0.15) is 10.4 Å². The molecule has 4 nitrogen and oxygen atoms in total. The number of aryl methyl sites for hydroxylation is 1. The molecule has 0 unspecified atom stereocenters. The lowest BCUT2D eigenvalue weighted by atomic mass is 10.0. The van der Waals surface area contributed by atoms with Gasteiger partial charge >= 0.3 is 5.65 Å². The number of aromatic amines is 1. The Balaban J connectivity index is 2.34. The Bertz CT molecular complexity index is 863. The summed E-state index contributed by atoms with van der Waals surface area (Å²) < 4.78 is 15.6. The number of benzene rings is 1. The molecule has 1 aromatic carbocycles. The third-order valence-electron chi connectivity index (χ3n) is 3.11. The number of aromatic nitrogens is 3. The maximum absolute atomic E-state index is 13.9. The van der Waals surface area contributed by atoms with Crippen molar-refractivity contribution >= 4 is 17.2 Å². The van der Waals surface area contributed by atoms with E-state index in [1.807, 2.05) is 13.0 Å². The molecule has 0 spiro atoms. The van der Waals surface area contributed by atoms with Crippen LogP contribution >= 0.6 is 11.6 Å². The van der Waals surface area contributed by atoms with E-state index in [1.54, 1.807) is 16.6 Å². The van der Waals surface area contributed by atoms with Crippen LogP contribution in [-0.2, 0) is 0 Å². The van der Waals surface area contributed by atoms with Crippen LogP contribution in [0.25, 0.3) is 16.9 Å². The Hall–Kier alpha value is -2.45. The van der Waals surface area contributed by atoms with E-state index in [1.165, 1.54) is 18.5 Å². The van der Waals surface area contributed by atoms with Crippen LogP contribution in [0.15, 0.2) is 30.6 Å². The smallest absolute Gasteiger partial charge is 0.206 e. The molecule has 0 amide bonds. The van der Waals surface area contributed by atoms with Crippen molar-refractivity contribution in [3.63, 3.8) is 0 Å². The summed E-state index contributed by atoms with van der Waals surface area (Å²) in [5, 5.41) is 12.3. The second-order valence-corrected chi connectivity index (χ2v) is 4.83. The van der Waals surface area contributed by atoms with Crippen LogP contribution in [0.4, 0.5) is 4.39 Å². The highest BCUT2D eigenvalue weighted by molar-refractivity contribution is 6.31. The molecule has 3 aromatic rings. The van der Waals surface area contributed by atoms with Crippen molar-refractivity contribution < 1.29 is 8.91 Å². The molecular formula is C14H9ClFN4+. The lowest BCUT2D eigenvalue weighted by Crippen LogP contribution is -2.26. The standard InChI is InChI=1S/C14H8ClFN4/c1-8-2-9(6-17)12(16)5-11(8)13-3-10(15)4-14-18-7-19-20(13)14/h2-5,7H,1H3/p+1. The number of pyridine rings is 1. The zero-order chi connectivity index (χ0) is 14.3. The summed E-state index contributed by atoms with van der Waals surface area (Å²) in [4.78, 5) is 4.13. The summed E-state index contributed by atoms with van der Waals surface area (Å²) in [6.45, 7) is 1.82. The van der Waals surface area contributed by atoms with Gasteiger partial charge in [0.05, 0.1) is 16.7 Å². The molecule has 0 radical (unpaired) electrons. The van der Waals surface area contributed by atoms with Crippen LogP contribution in [0.5, 0.6) is 0 Å². The van der Waals surface area contributed by atoms with E-state index >= 15 is 0 Å². The van der Waals surface area contributed by atoms with Gasteiger partial charge in [-0.25, -0.2) is 4.39 Å². The molecule has 3 rings (SSSR count). The maximum Gasteiger partial charge on any atom is 0.350 e. The van der Waals surface area contributed by atoms with E-state index in [0.29, 0.717) is 21.9 Å². The fraction of sp³-hybridized carbons (Fsp3) is 0.0714. The van der Waals surface area contributed by atoms with Crippen LogP contribution in [0.2, 0.25) is 5.02 Å². The Labute approximate surface area is 119 Å². The molecule has 2 heterocycles. The van der Waals surface area contributed by atoms with Crippen LogP contribution in [-0.4, -0.2) is 10.1 Å². The molecule has 20 heavy (non-hydrogen) atoms. The highest BCUT2D eigenvalue weighted by Crippen LogP contribution is 2.26. The van der Waals surface area contributed by atoms with Crippen LogP contribution < -0.4 is 4.52 Å². The second-order valence-electron chi connectivity index (χ2n) is 4.40. The lowest BCUT2D eigenvalue weighted by Gasteiger charge is -2.06. The number of hydrogen-bond donors (Lipinski definition) is 1. The summed E-state index contributed by atoms with van der Waals surface area (Å²) in [5.74, 6) is -0.554. The number of H-pyrrole nitrogens is 1. The van der Waals surface area contributed by atoms with E-state index in [4.69, 9.17) is 16.9 Å². The van der Waals surface area contributed by atoms with E-state index < -0.39 is 5.82 Å². The predicted octanol–water partition coefficient (Wildman–Crippen LogP) is 2.79. The third kappa shape index (κ3) is 1.91. The van der Waals surface area contributed by atoms with Gasteiger partial charge in [-0.15, -0.1) is 4.52 Å². The Morgan fingerprint density at radius 1 is 1.35 bits per heavy atom. The predicted molar refractivity (Wildman–Crippen MR) is 71.6 cm³/mol. The van der Waals surface area contributed by atoms with Crippen LogP contribution in [0, 0.1) is 24.1 Å². The summed E-state index contributed by atoms with van der Waals surface area (Å²) in [6.07, 6.45) is 1.53. The van der Waals surface area contributed by atoms with Crippen molar-refractivity contribution in [3.05, 3.63) is 52.6 Å². The Morgan fingerprint density at radius 2 is 2.15 bits per heavy atom. The monoisotopic (exact) mass is 287 g/mol. The molecule has 0 saturated carbocycles. The first-order valence-corrected chi connectivity index (χ1v) is 6.23. The quantitative estimate of drug-likeness (QED) is 0.700. The largest absolute Gasteiger partial charge is 0.350 e. The molecule has 0 aliphatic heterocycles. The first-order chi connectivity index (χ1) is 9.60. The van der Waals surface area contributed by atoms with Gasteiger partial charge in [0.25, 0.3) is 0 Å². The van der Waals surface area contributed by atoms with Gasteiger partial charge in [0.15, 0.2) is 5.69 Å². The van der Waals surface area contributed by atoms with Crippen molar-refractivity contribution in [1.82, 2.24) is 10.1 Å². The molecule has 6 heteroatoms. The molecule has 0 aliphatic carbocycles. The van der Waals surface area contributed by atoms with Gasteiger partial charge in [0, 0.05) is 11.6 Å². The molecule has 1 N–H and O–H groups in total. The minimum absolute atomic E-state index is 0.0270. The Kier molecular flexibility index (Phi) is 2.88. The SMILES string of the molecule is Cc1cc(C#N)c(F)cc1-c1cc(Cl)cc2nc[nH][n+]12. The van der Waals surface area contributed by atoms with Crippen molar-refractivity contribution in [2.24, 2.45) is 0 Å². The molecular weight excluding hydrogens is 279 g/mol. The summed E-state index contributed by atoms with van der Waals surface area (Å²) >= 11 is 6.07. The van der Waals surface area contributed by atoms with Gasteiger partial charge in [0.1, 0.15) is 11.9 Å². The summed E-state index contributed by atoms with van der Waals surface area (Å²) in [7, 11) is 0. The summed E-state index contributed by atoms with van der Waals surface area (Å²) in [5.41, 5.74) is 2.79. The lowest BCUT2D eigenvalue weighted by molar-refractivity contribution is -0.565. The minimum Gasteiger partial charge on any atom is -0.206 e. The van der Waals surface area contributed by atoms with E-state index in [0.717, 1.165) is 5.56 Å². The zero-order valence-electron chi connectivity index (χ0n) is 10.5. The van der Waals surface area contributed by atoms with Gasteiger partial charge in [-0.1, -0.05) is 11.6 Å². The Morgan fingerprint density at radius 3 is 2.90 bits per heavy atom. The first kappa shape index (κ1) is 12.6. The van der Waals surface area contributed by atoms with E-state index in [2.05, 4.69) is 10.1 Å². The van der Waals surface area contributed by atoms with Crippen molar-refractivity contribution in [3.8, 4) is 17.3 Å². The van der Waals surface area contributed by atoms with Crippen LogP contribution in [0.1, 0.15) is 11.1 Å². The maximum atomic E-state index is 13.9. The average molecular weight is 288 g/mol. The first-order valence-electron chi connectivity index (χ1n) is 5.85. The van der Waals surface area contributed by atoms with Crippen molar-refractivity contribution in [1.29, 1.82) is 5.26 Å². The number of nitrogens with one attached hydrogen (secondary N) is 1. The van der Waals surface area contributed by atoms with E-state index in [9.17, 15) is 4.39 Å². The molecule has 2 aromatic heterocycles.